The molecule has 4 aromatic carbocycles. The lowest BCUT2D eigenvalue weighted by Gasteiger charge is -2.12. The molecule has 0 fully saturated rings. The predicted molar refractivity (Wildman–Crippen MR) is 138 cm³/mol. The average Bonchev–Trinajstić information content (AvgIpc) is 2.89. The number of carbonyl (C=O) groups excluding carboxylic acids is 1. The molecule has 6 nitrogen and oxygen atoms in total. The van der Waals surface area contributed by atoms with Gasteiger partial charge in [-0.2, -0.15) is 5.10 Å². The van der Waals surface area contributed by atoms with Crippen LogP contribution in [0.3, 0.4) is 0 Å². The van der Waals surface area contributed by atoms with Gasteiger partial charge in [-0.25, -0.2) is 5.43 Å². The highest BCUT2D eigenvalue weighted by atomic mass is 16.5. The van der Waals surface area contributed by atoms with E-state index < -0.39 is 0 Å². The molecule has 0 spiro atoms. The summed E-state index contributed by atoms with van der Waals surface area (Å²) in [5.74, 6) is 1.81. The van der Waals surface area contributed by atoms with E-state index in [0.717, 1.165) is 22.4 Å². The molecule has 0 heterocycles. The molecular weight excluding hydrogens is 440 g/mol. The van der Waals surface area contributed by atoms with E-state index in [1.54, 1.807) is 13.3 Å². The molecule has 1 N–H and O–H groups in total. The molecule has 0 bridgehead atoms. The monoisotopic (exact) mass is 468 g/mol. The smallest absolute Gasteiger partial charge is 0.244 e. The van der Waals surface area contributed by atoms with Crippen molar-refractivity contribution in [1.29, 1.82) is 0 Å². The zero-order valence-electron chi connectivity index (χ0n) is 19.9. The van der Waals surface area contributed by atoms with Crippen LogP contribution in [0.25, 0.3) is 10.8 Å². The largest absolute Gasteiger partial charge is 0.494 e. The molecular formula is C29H28N2O4. The van der Waals surface area contributed by atoms with Crippen LogP contribution in [0.4, 0.5) is 0 Å². The maximum atomic E-state index is 12.2. The summed E-state index contributed by atoms with van der Waals surface area (Å²) in [6.07, 6.45) is 1.81. The third-order valence-corrected chi connectivity index (χ3v) is 5.45. The second kappa shape index (κ2) is 11.7. The van der Waals surface area contributed by atoms with E-state index in [1.807, 2.05) is 67.6 Å². The van der Waals surface area contributed by atoms with Crippen molar-refractivity contribution < 1.29 is 19.0 Å². The van der Waals surface area contributed by atoms with Crippen LogP contribution in [0.1, 0.15) is 23.6 Å². The molecule has 6 heteroatoms. The van der Waals surface area contributed by atoms with Crippen molar-refractivity contribution in [1.82, 2.24) is 5.43 Å². The summed E-state index contributed by atoms with van der Waals surface area (Å²) >= 11 is 0. The molecule has 35 heavy (non-hydrogen) atoms. The Hall–Kier alpha value is -4.32. The van der Waals surface area contributed by atoms with Crippen molar-refractivity contribution in [3.63, 3.8) is 0 Å². The van der Waals surface area contributed by atoms with Crippen molar-refractivity contribution in [3.8, 4) is 17.2 Å². The molecule has 0 unspecified atom stereocenters. The number of nitrogens with one attached hydrogen (secondary N) is 1. The van der Waals surface area contributed by atoms with Crippen molar-refractivity contribution in [2.24, 2.45) is 5.10 Å². The maximum absolute atomic E-state index is 12.2. The van der Waals surface area contributed by atoms with E-state index in [-0.39, 0.29) is 12.3 Å². The number of hydrogen-bond acceptors (Lipinski definition) is 5. The van der Waals surface area contributed by atoms with E-state index in [4.69, 9.17) is 14.2 Å². The SMILES string of the molecule is CCOc1ccc(CC(=O)N/N=C/c2ccc(OCc3cccc4ccccc34)c(OC)c2)cc1. The Morgan fingerprint density at radius 3 is 2.51 bits per heavy atom. The number of carbonyl (C=O) groups is 1. The first kappa shape index (κ1) is 23.8. The van der Waals surface area contributed by atoms with Gasteiger partial charge in [0.05, 0.1) is 26.4 Å². The lowest BCUT2D eigenvalue weighted by Crippen LogP contribution is -2.19. The Kier molecular flexibility index (Phi) is 7.96. The average molecular weight is 469 g/mol. The number of hydrogen-bond donors (Lipinski definition) is 1. The Balaban J connectivity index is 1.34. The number of benzene rings is 4. The van der Waals surface area contributed by atoms with Crippen LogP contribution >= 0.6 is 0 Å². The molecule has 4 rings (SSSR count). The second-order valence-electron chi connectivity index (χ2n) is 7.88. The van der Waals surface area contributed by atoms with Crippen molar-refractivity contribution in [3.05, 3.63) is 102 Å². The molecule has 0 aromatic heterocycles. The minimum Gasteiger partial charge on any atom is -0.494 e. The van der Waals surface area contributed by atoms with E-state index >= 15 is 0 Å². The molecule has 0 aliphatic carbocycles. The Morgan fingerprint density at radius 1 is 0.914 bits per heavy atom. The first-order chi connectivity index (χ1) is 17.2. The molecule has 1 amide bonds. The second-order valence-corrected chi connectivity index (χ2v) is 7.88. The van der Waals surface area contributed by atoms with Gasteiger partial charge in [-0.05, 0) is 64.7 Å². The molecule has 0 aliphatic heterocycles. The minimum absolute atomic E-state index is 0.201. The summed E-state index contributed by atoms with van der Waals surface area (Å²) in [4.78, 5) is 12.2. The van der Waals surface area contributed by atoms with Gasteiger partial charge in [-0.15, -0.1) is 0 Å². The summed E-state index contributed by atoms with van der Waals surface area (Å²) < 4.78 is 17.0. The number of methoxy groups -OCH3 is 1. The molecule has 0 atom stereocenters. The Morgan fingerprint density at radius 2 is 1.71 bits per heavy atom. The number of nitrogens with zero attached hydrogens (tertiary/aromatic N) is 1. The minimum atomic E-state index is -0.201. The molecule has 0 aliphatic rings. The summed E-state index contributed by atoms with van der Waals surface area (Å²) in [5.41, 5.74) is 5.33. The number of rotatable bonds is 10. The van der Waals surface area contributed by atoms with Crippen molar-refractivity contribution in [2.75, 3.05) is 13.7 Å². The number of ether oxygens (including phenoxy) is 3. The van der Waals surface area contributed by atoms with Crippen molar-refractivity contribution in [2.45, 2.75) is 20.0 Å². The Bertz CT molecular complexity index is 1310. The Labute approximate surface area is 205 Å². The number of fused-ring (bicyclic) bond motifs is 1. The van der Waals surface area contributed by atoms with Gasteiger partial charge in [0.1, 0.15) is 12.4 Å². The zero-order valence-corrected chi connectivity index (χ0v) is 19.9. The standard InChI is InChI=1S/C29H28N2O4/c1-3-34-25-14-11-21(12-15-25)18-29(32)31-30-19-22-13-16-27(28(17-22)33-2)35-20-24-9-6-8-23-7-4-5-10-26(23)24/h4-17,19H,3,18,20H2,1-2H3,(H,31,32)/b30-19+. The highest BCUT2D eigenvalue weighted by Crippen LogP contribution is 2.29. The van der Waals surface area contributed by atoms with E-state index in [9.17, 15) is 4.79 Å². The fourth-order valence-corrected chi connectivity index (χ4v) is 3.73. The molecule has 178 valence electrons. The lowest BCUT2D eigenvalue weighted by atomic mass is 10.1. The highest BCUT2D eigenvalue weighted by Gasteiger charge is 2.08. The summed E-state index contributed by atoms with van der Waals surface area (Å²) in [7, 11) is 1.60. The van der Waals surface area contributed by atoms with Gasteiger partial charge in [0.25, 0.3) is 0 Å². The van der Waals surface area contributed by atoms with Gasteiger partial charge in [0.2, 0.25) is 5.91 Å². The molecule has 0 radical (unpaired) electrons. The third-order valence-electron chi connectivity index (χ3n) is 5.45. The van der Waals surface area contributed by atoms with Gasteiger partial charge >= 0.3 is 0 Å². The summed E-state index contributed by atoms with van der Waals surface area (Å²) in [6, 6.07) is 27.4. The van der Waals surface area contributed by atoms with Gasteiger partial charge in [-0.3, -0.25) is 4.79 Å². The van der Waals surface area contributed by atoms with Gasteiger partial charge in [0.15, 0.2) is 11.5 Å². The van der Waals surface area contributed by atoms with E-state index in [0.29, 0.717) is 24.7 Å². The van der Waals surface area contributed by atoms with Gasteiger partial charge in [0, 0.05) is 0 Å². The topological polar surface area (TPSA) is 69.2 Å². The molecule has 0 saturated heterocycles. The molecule has 4 aromatic rings. The normalized spacial score (nSPS) is 10.9. The predicted octanol–water partition coefficient (Wildman–Crippen LogP) is 5.52. The van der Waals surface area contributed by atoms with Crippen LogP contribution in [0.15, 0.2) is 90.0 Å². The number of hydrazone groups is 1. The third kappa shape index (κ3) is 6.38. The first-order valence-corrected chi connectivity index (χ1v) is 11.5. The van der Waals surface area contributed by atoms with Crippen LogP contribution in [0.2, 0.25) is 0 Å². The maximum Gasteiger partial charge on any atom is 0.244 e. The fourth-order valence-electron chi connectivity index (χ4n) is 3.73. The number of amides is 1. The highest BCUT2D eigenvalue weighted by molar-refractivity contribution is 5.86. The molecule has 0 saturated carbocycles. The van der Waals surface area contributed by atoms with Gasteiger partial charge < -0.3 is 14.2 Å². The zero-order chi connectivity index (χ0) is 24.5. The summed E-state index contributed by atoms with van der Waals surface area (Å²) in [6.45, 7) is 2.96. The van der Waals surface area contributed by atoms with Crippen LogP contribution in [-0.4, -0.2) is 25.8 Å². The fraction of sp³-hybridized carbons (Fsp3) is 0.172. The van der Waals surface area contributed by atoms with Crippen LogP contribution in [0, 0.1) is 0 Å². The van der Waals surface area contributed by atoms with E-state index in [1.165, 1.54) is 10.8 Å². The first-order valence-electron chi connectivity index (χ1n) is 11.5. The quantitative estimate of drug-likeness (QED) is 0.246. The van der Waals surface area contributed by atoms with E-state index in [2.05, 4.69) is 34.8 Å². The summed E-state index contributed by atoms with van der Waals surface area (Å²) in [5, 5.41) is 6.41. The van der Waals surface area contributed by atoms with Crippen LogP contribution < -0.4 is 19.6 Å². The lowest BCUT2D eigenvalue weighted by molar-refractivity contribution is -0.120. The van der Waals surface area contributed by atoms with Crippen LogP contribution in [0.5, 0.6) is 17.2 Å². The van der Waals surface area contributed by atoms with Crippen molar-refractivity contribution >= 4 is 22.9 Å². The van der Waals surface area contributed by atoms with Gasteiger partial charge in [-0.1, -0.05) is 54.6 Å². The van der Waals surface area contributed by atoms with Crippen LogP contribution in [-0.2, 0) is 17.8 Å².